The number of phosphoric acid groups is 2. The number of esters is 4. The average Bonchev–Trinajstić information content (AvgIpc) is 0.913. The molecule has 0 bridgehead atoms. The van der Waals surface area contributed by atoms with Gasteiger partial charge in [-0.25, -0.2) is 9.13 Å². The topological polar surface area (TPSA) is 237 Å². The number of aliphatic hydroxyl groups is 1. The predicted octanol–water partition coefficient (Wildman–Crippen LogP) is 27.0. The molecule has 0 rings (SSSR count). The minimum Gasteiger partial charge on any atom is -0.462 e. The number of ether oxygens (including phenoxy) is 4. The Morgan fingerprint density at radius 2 is 0.477 bits per heavy atom. The molecular formula is C88H172O17P2. The quantitative estimate of drug-likeness (QED) is 0.0222. The Bertz CT molecular complexity index is 2050. The normalized spacial score (nSPS) is 14.0. The van der Waals surface area contributed by atoms with Crippen LogP contribution in [-0.4, -0.2) is 96.7 Å². The van der Waals surface area contributed by atoms with Gasteiger partial charge in [-0.1, -0.05) is 420 Å². The zero-order valence-electron chi connectivity index (χ0n) is 70.5. The number of rotatable bonds is 87. The fraction of sp³-hybridized carbons (Fsp3) is 0.955. The summed E-state index contributed by atoms with van der Waals surface area (Å²) in [6, 6.07) is 0. The van der Waals surface area contributed by atoms with Crippen molar-refractivity contribution in [3.8, 4) is 0 Å². The number of unbranched alkanes of at least 4 members (excludes halogenated alkanes) is 56. The third-order valence-electron chi connectivity index (χ3n) is 21.1. The second kappa shape index (κ2) is 79.3. The SMILES string of the molecule is CCCCCCCCCCCCCCCCCCC(=O)O[C@H](COC(=O)CCCCCCCCCCCC)COP(=O)(O)OC[C@H](O)COP(=O)(O)OC[C@@H](COC(=O)CCCCCCCCCCCCCCCCCCC(C)C)OC(=O)CCCCCCCCCCCCCCCCCCCCC(C)CC. The minimum absolute atomic E-state index is 0.109. The van der Waals surface area contributed by atoms with E-state index in [0.717, 1.165) is 102 Å². The summed E-state index contributed by atoms with van der Waals surface area (Å²) in [5, 5.41) is 10.7. The van der Waals surface area contributed by atoms with Crippen molar-refractivity contribution in [3.63, 3.8) is 0 Å². The highest BCUT2D eigenvalue weighted by Crippen LogP contribution is 2.45. The van der Waals surface area contributed by atoms with E-state index in [9.17, 15) is 43.2 Å². The van der Waals surface area contributed by atoms with Crippen LogP contribution < -0.4 is 0 Å². The number of hydrogen-bond donors (Lipinski definition) is 3. The lowest BCUT2D eigenvalue weighted by molar-refractivity contribution is -0.161. The van der Waals surface area contributed by atoms with E-state index in [-0.39, 0.29) is 25.7 Å². The molecule has 0 aromatic carbocycles. The highest BCUT2D eigenvalue weighted by Gasteiger charge is 2.31. The molecule has 3 N–H and O–H groups in total. The maximum atomic E-state index is 13.2. The summed E-state index contributed by atoms with van der Waals surface area (Å²) in [6.45, 7) is 9.78. The van der Waals surface area contributed by atoms with E-state index in [2.05, 4.69) is 41.5 Å². The van der Waals surface area contributed by atoms with Gasteiger partial charge in [0.25, 0.3) is 0 Å². The lowest BCUT2D eigenvalue weighted by Crippen LogP contribution is -2.30. The highest BCUT2D eigenvalue weighted by molar-refractivity contribution is 7.47. The summed E-state index contributed by atoms with van der Waals surface area (Å²) in [7, 11) is -9.93. The molecule has 0 aliphatic rings. The van der Waals surface area contributed by atoms with Gasteiger partial charge in [-0.05, 0) is 37.5 Å². The van der Waals surface area contributed by atoms with Gasteiger partial charge < -0.3 is 33.8 Å². The van der Waals surface area contributed by atoms with Crippen molar-refractivity contribution in [3.05, 3.63) is 0 Å². The van der Waals surface area contributed by atoms with Crippen LogP contribution in [0.1, 0.15) is 472 Å². The molecule has 0 aliphatic carbocycles. The molecule has 0 heterocycles. The first-order valence-electron chi connectivity index (χ1n) is 45.5. The Morgan fingerprint density at radius 1 is 0.271 bits per heavy atom. The summed E-state index contributed by atoms with van der Waals surface area (Å²) < 4.78 is 68.9. The number of hydrogen-bond acceptors (Lipinski definition) is 15. The second-order valence-corrected chi connectivity index (χ2v) is 35.3. The lowest BCUT2D eigenvalue weighted by Gasteiger charge is -2.21. The van der Waals surface area contributed by atoms with Crippen LogP contribution in [0.2, 0.25) is 0 Å². The van der Waals surface area contributed by atoms with Crippen molar-refractivity contribution in [1.82, 2.24) is 0 Å². The van der Waals surface area contributed by atoms with Crippen LogP contribution in [0.4, 0.5) is 0 Å². The van der Waals surface area contributed by atoms with Crippen LogP contribution in [0.5, 0.6) is 0 Å². The molecule has 0 aliphatic heterocycles. The minimum atomic E-state index is -4.97. The highest BCUT2D eigenvalue weighted by atomic mass is 31.2. The molecule has 0 aromatic rings. The molecule has 0 saturated carbocycles. The Kier molecular flexibility index (Phi) is 77.9. The van der Waals surface area contributed by atoms with Gasteiger partial charge in [0.1, 0.15) is 19.3 Å². The van der Waals surface area contributed by atoms with Gasteiger partial charge in [-0.3, -0.25) is 37.3 Å². The van der Waals surface area contributed by atoms with Crippen molar-refractivity contribution < 1.29 is 80.2 Å². The van der Waals surface area contributed by atoms with Crippen molar-refractivity contribution in [2.75, 3.05) is 39.6 Å². The molecule has 0 radical (unpaired) electrons. The molecule has 0 saturated heterocycles. The summed E-state index contributed by atoms with van der Waals surface area (Å²) in [5.74, 6) is -0.415. The van der Waals surface area contributed by atoms with Crippen LogP contribution in [0.25, 0.3) is 0 Å². The fourth-order valence-electron chi connectivity index (χ4n) is 13.7. The van der Waals surface area contributed by atoms with Crippen LogP contribution >= 0.6 is 15.6 Å². The van der Waals surface area contributed by atoms with E-state index in [4.69, 9.17) is 37.0 Å². The van der Waals surface area contributed by atoms with E-state index in [1.165, 1.54) is 289 Å². The number of carbonyl (C=O) groups is 4. The van der Waals surface area contributed by atoms with E-state index >= 15 is 0 Å². The molecule has 17 nitrogen and oxygen atoms in total. The van der Waals surface area contributed by atoms with E-state index in [1.54, 1.807) is 0 Å². The first-order valence-corrected chi connectivity index (χ1v) is 48.5. The number of aliphatic hydroxyl groups excluding tert-OH is 1. The Hall–Kier alpha value is -1.94. The average molecular weight is 1560 g/mol. The first-order chi connectivity index (χ1) is 51.9. The number of phosphoric ester groups is 2. The van der Waals surface area contributed by atoms with Gasteiger partial charge in [0.15, 0.2) is 12.2 Å². The van der Waals surface area contributed by atoms with Crippen molar-refractivity contribution in [2.24, 2.45) is 11.8 Å². The molecule has 0 aromatic heterocycles. The number of carbonyl (C=O) groups excluding carboxylic acids is 4. The van der Waals surface area contributed by atoms with Crippen molar-refractivity contribution in [1.29, 1.82) is 0 Å². The van der Waals surface area contributed by atoms with Gasteiger partial charge in [0.05, 0.1) is 26.4 Å². The molecule has 3 unspecified atom stereocenters. The zero-order valence-corrected chi connectivity index (χ0v) is 72.2. The van der Waals surface area contributed by atoms with Crippen LogP contribution in [0.3, 0.4) is 0 Å². The van der Waals surface area contributed by atoms with Crippen LogP contribution in [0, 0.1) is 11.8 Å². The molecule has 6 atom stereocenters. The monoisotopic (exact) mass is 1560 g/mol. The van der Waals surface area contributed by atoms with Gasteiger partial charge in [-0.15, -0.1) is 0 Å². The van der Waals surface area contributed by atoms with Crippen LogP contribution in [-0.2, 0) is 65.4 Å². The van der Waals surface area contributed by atoms with Gasteiger partial charge in [0, 0.05) is 25.7 Å². The van der Waals surface area contributed by atoms with Crippen molar-refractivity contribution in [2.45, 2.75) is 490 Å². The zero-order chi connectivity index (χ0) is 78.5. The lowest BCUT2D eigenvalue weighted by atomic mass is 9.99. The van der Waals surface area contributed by atoms with E-state index in [0.29, 0.717) is 25.7 Å². The molecule has 636 valence electrons. The molecular weight excluding hydrogens is 1390 g/mol. The third kappa shape index (κ3) is 80.5. The summed E-state index contributed by atoms with van der Waals surface area (Å²) >= 11 is 0. The first kappa shape index (κ1) is 105. The largest absolute Gasteiger partial charge is 0.472 e. The molecule has 0 spiro atoms. The van der Waals surface area contributed by atoms with Gasteiger partial charge in [0.2, 0.25) is 0 Å². The van der Waals surface area contributed by atoms with Crippen molar-refractivity contribution >= 4 is 39.5 Å². The van der Waals surface area contributed by atoms with E-state index in [1.807, 2.05) is 0 Å². The second-order valence-electron chi connectivity index (χ2n) is 32.4. The van der Waals surface area contributed by atoms with Crippen LogP contribution in [0.15, 0.2) is 0 Å². The maximum Gasteiger partial charge on any atom is 0.472 e. The Balaban J connectivity index is 5.22. The molecule has 19 heteroatoms. The van der Waals surface area contributed by atoms with Gasteiger partial charge in [-0.2, -0.15) is 0 Å². The molecule has 0 amide bonds. The summed E-state index contributed by atoms with van der Waals surface area (Å²) in [5.41, 5.74) is 0. The third-order valence-corrected chi connectivity index (χ3v) is 23.0. The smallest absolute Gasteiger partial charge is 0.462 e. The van der Waals surface area contributed by atoms with E-state index < -0.39 is 97.5 Å². The standard InChI is InChI=1S/C88H172O17P2/c1-7-10-12-14-16-18-20-21-22-31-37-42-48-54-60-66-72-87(92)104-83(76-98-85(90)70-64-58-52-46-19-17-15-13-11-8-2)78-102-106(94,95)100-74-82(89)75-101-107(96,97)103-79-84(77-99-86(91)71-65-59-53-47-41-36-32-28-27-29-34-39-44-50-56-62-68-80(4)5)105-88(93)73-67-61-55-49-43-38-33-26-24-23-25-30-35-40-45-51-57-63-69-81(6)9-3/h80-84,89H,7-79H2,1-6H3,(H,94,95)(H,96,97)/t81?,82-,83+,84+/m0/s1. The summed E-state index contributed by atoms with van der Waals surface area (Å²) in [6.07, 6.45) is 72.1. The van der Waals surface area contributed by atoms with Gasteiger partial charge >= 0.3 is 39.5 Å². The molecule has 107 heavy (non-hydrogen) atoms. The Morgan fingerprint density at radius 3 is 0.710 bits per heavy atom. The molecule has 0 fully saturated rings. The maximum absolute atomic E-state index is 13.2. The fourth-order valence-corrected chi connectivity index (χ4v) is 15.3. The Labute approximate surface area is 658 Å². The predicted molar refractivity (Wildman–Crippen MR) is 442 cm³/mol. The summed E-state index contributed by atoms with van der Waals surface area (Å²) in [4.78, 5) is 73.3.